The zero-order valence-electron chi connectivity index (χ0n) is 11.0. The maximum Gasteiger partial charge on any atom is 0.186 e. The first-order chi connectivity index (χ1) is 9.99. The van der Waals surface area contributed by atoms with E-state index >= 15 is 0 Å². The van der Waals surface area contributed by atoms with Crippen molar-refractivity contribution in [2.75, 3.05) is 17.7 Å². The molecule has 1 aliphatic heterocycles. The molecule has 114 valence electrons. The van der Waals surface area contributed by atoms with Gasteiger partial charge in [0.05, 0.1) is 5.75 Å². The number of aliphatic hydroxyl groups excluding tert-OH is 2. The highest BCUT2D eigenvalue weighted by Gasteiger charge is 2.45. The molecule has 0 amide bonds. The van der Waals surface area contributed by atoms with Crippen LogP contribution < -0.4 is 5.73 Å². The van der Waals surface area contributed by atoms with E-state index in [0.29, 0.717) is 0 Å². The summed E-state index contributed by atoms with van der Waals surface area (Å²) in [7, 11) is -1.17. The molecule has 0 spiro atoms. The Morgan fingerprint density at radius 2 is 2.19 bits per heavy atom. The number of ether oxygens (including phenoxy) is 1. The van der Waals surface area contributed by atoms with Gasteiger partial charge in [0.2, 0.25) is 0 Å². The highest BCUT2D eigenvalue weighted by Crippen LogP contribution is 2.31. The molecule has 1 saturated heterocycles. The topological polar surface area (TPSA) is 149 Å². The van der Waals surface area contributed by atoms with Crippen molar-refractivity contribution in [1.29, 1.82) is 0 Å². The van der Waals surface area contributed by atoms with E-state index in [4.69, 9.17) is 10.5 Å². The van der Waals surface area contributed by atoms with Crippen LogP contribution in [0.4, 0.5) is 5.82 Å². The van der Waals surface area contributed by atoms with Crippen LogP contribution in [-0.2, 0) is 15.5 Å². The van der Waals surface area contributed by atoms with E-state index in [1.54, 1.807) is 0 Å². The van der Waals surface area contributed by atoms with Gasteiger partial charge >= 0.3 is 0 Å². The van der Waals surface area contributed by atoms with E-state index in [9.17, 15) is 14.4 Å². The van der Waals surface area contributed by atoms with Gasteiger partial charge in [0, 0.05) is 17.1 Å². The number of anilines is 1. The third-order valence-electron chi connectivity index (χ3n) is 3.27. The average molecular weight is 314 g/mol. The quantitative estimate of drug-likeness (QED) is 0.573. The van der Waals surface area contributed by atoms with Gasteiger partial charge in [0.25, 0.3) is 0 Å². The molecule has 0 saturated carbocycles. The summed E-state index contributed by atoms with van der Waals surface area (Å²) in [6.07, 6.45) is -1.40. The number of nitrogens with two attached hydrogens (primary N) is 1. The lowest BCUT2D eigenvalue weighted by atomic mass is 10.1. The largest absolute Gasteiger partial charge is 0.387 e. The summed E-state index contributed by atoms with van der Waals surface area (Å²) in [4.78, 5) is 7.80. The van der Waals surface area contributed by atoms with Gasteiger partial charge in [-0.1, -0.05) is 5.21 Å². The minimum Gasteiger partial charge on any atom is -0.387 e. The van der Waals surface area contributed by atoms with Crippen molar-refractivity contribution in [2.24, 2.45) is 0 Å². The number of aromatic nitrogens is 5. The Bertz CT molecular complexity index is 693. The highest BCUT2D eigenvalue weighted by atomic mass is 32.2. The molecule has 2 aromatic rings. The second-order valence-corrected chi connectivity index (χ2v) is 6.23. The standard InChI is InChI=1S/C10H14N6O4S/c1-21(19)2-4-6(17)7(18)10(20-4)16-9-5(14-15-16)8(11)12-3-13-9/h3-4,6-7,10,17-18H,2H2,1H3,(H2,11,12,13). The number of rotatable bonds is 3. The van der Waals surface area contributed by atoms with E-state index in [1.165, 1.54) is 17.3 Å². The number of hydrogen-bond acceptors (Lipinski definition) is 9. The van der Waals surface area contributed by atoms with Gasteiger partial charge in [0.1, 0.15) is 24.6 Å². The number of fused-ring (bicyclic) bond motifs is 1. The van der Waals surface area contributed by atoms with Crippen LogP contribution in [0.3, 0.4) is 0 Å². The fraction of sp³-hybridized carbons (Fsp3) is 0.600. The normalized spacial score (nSPS) is 30.8. The van der Waals surface area contributed by atoms with Crippen LogP contribution in [-0.4, -0.2) is 69.7 Å². The van der Waals surface area contributed by atoms with Gasteiger partial charge < -0.3 is 20.7 Å². The molecule has 10 nitrogen and oxygen atoms in total. The Labute approximate surface area is 121 Å². The molecule has 21 heavy (non-hydrogen) atoms. The van der Waals surface area contributed by atoms with Crippen molar-refractivity contribution in [3.05, 3.63) is 6.33 Å². The summed E-state index contributed by atoms with van der Waals surface area (Å²) < 4.78 is 18.1. The predicted molar refractivity (Wildman–Crippen MR) is 72.4 cm³/mol. The molecule has 5 unspecified atom stereocenters. The highest BCUT2D eigenvalue weighted by molar-refractivity contribution is 7.84. The second-order valence-electron chi connectivity index (χ2n) is 4.75. The van der Waals surface area contributed by atoms with E-state index in [1.807, 2.05) is 0 Å². The summed E-state index contributed by atoms with van der Waals surface area (Å²) in [6, 6.07) is 0. The molecule has 3 heterocycles. The molecule has 0 radical (unpaired) electrons. The molecule has 4 N–H and O–H groups in total. The van der Waals surface area contributed by atoms with Crippen molar-refractivity contribution >= 4 is 27.8 Å². The van der Waals surface area contributed by atoms with Crippen molar-refractivity contribution < 1.29 is 19.2 Å². The van der Waals surface area contributed by atoms with Gasteiger partial charge in [0.15, 0.2) is 23.2 Å². The van der Waals surface area contributed by atoms with Crippen LogP contribution in [0.1, 0.15) is 6.23 Å². The van der Waals surface area contributed by atoms with Gasteiger partial charge in [-0.2, -0.15) is 4.68 Å². The number of hydrogen-bond donors (Lipinski definition) is 3. The van der Waals surface area contributed by atoms with Crippen LogP contribution >= 0.6 is 0 Å². The molecule has 1 fully saturated rings. The van der Waals surface area contributed by atoms with Crippen molar-refractivity contribution in [2.45, 2.75) is 24.5 Å². The number of nitrogens with zero attached hydrogens (tertiary/aromatic N) is 5. The predicted octanol–water partition coefficient (Wildman–Crippen LogP) is -2.20. The Balaban J connectivity index is 1.96. The molecule has 0 aromatic carbocycles. The van der Waals surface area contributed by atoms with Crippen molar-refractivity contribution in [1.82, 2.24) is 25.0 Å². The zero-order valence-corrected chi connectivity index (χ0v) is 11.8. The fourth-order valence-electron chi connectivity index (χ4n) is 2.25. The van der Waals surface area contributed by atoms with E-state index in [-0.39, 0.29) is 22.7 Å². The maximum atomic E-state index is 11.3. The Morgan fingerprint density at radius 1 is 1.43 bits per heavy atom. The Hall–Kier alpha value is -1.69. The smallest absolute Gasteiger partial charge is 0.186 e. The lowest BCUT2D eigenvalue weighted by Crippen LogP contribution is -2.34. The summed E-state index contributed by atoms with van der Waals surface area (Å²) in [5, 5.41) is 27.8. The molecule has 3 rings (SSSR count). The average Bonchev–Trinajstić information content (AvgIpc) is 2.96. The van der Waals surface area contributed by atoms with Crippen LogP contribution in [0.2, 0.25) is 0 Å². The first-order valence-corrected chi connectivity index (χ1v) is 7.84. The maximum absolute atomic E-state index is 11.3. The Kier molecular flexibility index (Phi) is 3.57. The second kappa shape index (κ2) is 5.26. The van der Waals surface area contributed by atoms with Crippen LogP contribution in [0.15, 0.2) is 6.33 Å². The summed E-state index contributed by atoms with van der Waals surface area (Å²) in [5.74, 6) is 0.267. The van der Waals surface area contributed by atoms with Crippen molar-refractivity contribution in [3.63, 3.8) is 0 Å². The van der Waals surface area contributed by atoms with Gasteiger partial charge in [-0.05, 0) is 0 Å². The van der Waals surface area contributed by atoms with Gasteiger partial charge in [-0.25, -0.2) is 9.97 Å². The van der Waals surface area contributed by atoms with E-state index in [2.05, 4.69) is 20.3 Å². The minimum atomic E-state index is -1.24. The molecular weight excluding hydrogens is 300 g/mol. The summed E-state index contributed by atoms with van der Waals surface area (Å²) in [5.41, 5.74) is 6.24. The molecule has 5 atom stereocenters. The summed E-state index contributed by atoms with van der Waals surface area (Å²) >= 11 is 0. The van der Waals surface area contributed by atoms with Crippen LogP contribution in [0, 0.1) is 0 Å². The third-order valence-corrected chi connectivity index (χ3v) is 4.06. The SMILES string of the molecule is CS(=O)CC1OC(n2nnc3c(N)ncnc32)C(O)C1O. The summed E-state index contributed by atoms with van der Waals surface area (Å²) in [6.45, 7) is 0. The first kappa shape index (κ1) is 14.3. The minimum absolute atomic E-state index is 0.110. The van der Waals surface area contributed by atoms with Crippen LogP contribution in [0.25, 0.3) is 11.2 Å². The molecule has 11 heteroatoms. The Morgan fingerprint density at radius 3 is 2.90 bits per heavy atom. The van der Waals surface area contributed by atoms with E-state index < -0.39 is 35.3 Å². The third kappa shape index (κ3) is 2.37. The molecular formula is C10H14N6O4S. The monoisotopic (exact) mass is 314 g/mol. The van der Waals surface area contributed by atoms with E-state index in [0.717, 1.165) is 0 Å². The molecule has 1 aliphatic rings. The lowest BCUT2D eigenvalue weighted by Gasteiger charge is -2.14. The van der Waals surface area contributed by atoms with Crippen molar-refractivity contribution in [3.8, 4) is 0 Å². The lowest BCUT2D eigenvalue weighted by molar-refractivity contribution is -0.0374. The van der Waals surface area contributed by atoms with Gasteiger partial charge in [-0.3, -0.25) is 4.21 Å². The first-order valence-electron chi connectivity index (χ1n) is 6.12. The number of nitrogen functional groups attached to an aromatic ring is 1. The molecule has 2 aromatic heterocycles. The fourth-order valence-corrected chi connectivity index (χ4v) is 2.99. The zero-order chi connectivity index (χ0) is 15.1. The molecule has 0 bridgehead atoms. The van der Waals surface area contributed by atoms with Crippen LogP contribution in [0.5, 0.6) is 0 Å². The molecule has 0 aliphatic carbocycles. The van der Waals surface area contributed by atoms with Gasteiger partial charge in [-0.15, -0.1) is 5.10 Å². The number of aliphatic hydroxyl groups is 2.